The Morgan fingerprint density at radius 2 is 1.85 bits per heavy atom. The first-order valence-corrected chi connectivity index (χ1v) is 8.57. The van der Waals surface area contributed by atoms with Gasteiger partial charge in [-0.1, -0.05) is 42.5 Å². The second-order valence-electron chi connectivity index (χ2n) is 6.25. The quantitative estimate of drug-likeness (QED) is 0.507. The van der Waals surface area contributed by atoms with Crippen LogP contribution in [0.5, 0.6) is 0 Å². The largest absolute Gasteiger partial charge is 0.365 e. The van der Waals surface area contributed by atoms with E-state index in [-0.39, 0.29) is 0 Å². The van der Waals surface area contributed by atoms with E-state index in [2.05, 4.69) is 56.3 Å². The maximum Gasteiger partial charge on any atom is 0.139 e. The Balaban J connectivity index is 1.61. The van der Waals surface area contributed by atoms with Crippen molar-refractivity contribution in [3.63, 3.8) is 0 Å². The van der Waals surface area contributed by atoms with Gasteiger partial charge in [-0.05, 0) is 29.8 Å². The van der Waals surface area contributed by atoms with Crippen molar-refractivity contribution < 1.29 is 0 Å². The van der Waals surface area contributed by atoms with Crippen molar-refractivity contribution in [2.75, 3.05) is 5.32 Å². The molecular weight excluding hydrogens is 322 g/mol. The van der Waals surface area contributed by atoms with E-state index in [0.717, 1.165) is 40.2 Å². The summed E-state index contributed by atoms with van der Waals surface area (Å²) in [6.07, 6.45) is 3.88. The molecule has 0 spiro atoms. The summed E-state index contributed by atoms with van der Waals surface area (Å²) in [7, 11) is 0. The summed E-state index contributed by atoms with van der Waals surface area (Å²) in [5.74, 6) is 0.993. The average molecular weight is 339 g/mol. The predicted molar refractivity (Wildman–Crippen MR) is 104 cm³/mol. The fraction of sp³-hybridized carbons (Fsp3) is 0.0476. The lowest BCUT2D eigenvalue weighted by Gasteiger charge is -2.09. The Morgan fingerprint density at radius 3 is 2.77 bits per heavy atom. The third kappa shape index (κ3) is 2.50. The lowest BCUT2D eigenvalue weighted by atomic mass is 10.1. The summed E-state index contributed by atoms with van der Waals surface area (Å²) in [5.41, 5.74) is 5.18. The van der Waals surface area contributed by atoms with E-state index in [1.165, 1.54) is 5.56 Å². The van der Waals surface area contributed by atoms with Gasteiger partial charge >= 0.3 is 0 Å². The van der Waals surface area contributed by atoms with Gasteiger partial charge in [-0.3, -0.25) is 9.50 Å². The van der Waals surface area contributed by atoms with Gasteiger partial charge in [0.2, 0.25) is 0 Å². The van der Waals surface area contributed by atoms with Crippen LogP contribution in [0.4, 0.5) is 5.82 Å². The van der Waals surface area contributed by atoms with Crippen molar-refractivity contribution >= 4 is 22.4 Å². The number of hydrogen-bond acceptors (Lipinski definition) is 3. The van der Waals surface area contributed by atoms with Crippen LogP contribution in [0.1, 0.15) is 5.56 Å². The van der Waals surface area contributed by atoms with Crippen LogP contribution in [0.2, 0.25) is 0 Å². The highest BCUT2D eigenvalue weighted by molar-refractivity contribution is 5.86. The molecule has 5 aromatic rings. The number of H-pyrrole nitrogens is 1. The standard InChI is InChI=1S/C21H17N5/c1-2-6-15(7-3-1)13-22-21-20(24-19-8-4-5-11-26(19)21)16-9-10-18-17(12-16)14-23-25-18/h1-12,14,22H,13H2,(H,23,25). The van der Waals surface area contributed by atoms with Crippen molar-refractivity contribution in [1.29, 1.82) is 0 Å². The van der Waals surface area contributed by atoms with E-state index >= 15 is 0 Å². The van der Waals surface area contributed by atoms with E-state index < -0.39 is 0 Å². The second-order valence-corrected chi connectivity index (χ2v) is 6.25. The Morgan fingerprint density at radius 1 is 0.962 bits per heavy atom. The maximum absolute atomic E-state index is 4.86. The molecule has 0 aliphatic carbocycles. The molecule has 0 bridgehead atoms. The van der Waals surface area contributed by atoms with Crippen LogP contribution in [-0.2, 0) is 6.54 Å². The highest BCUT2D eigenvalue weighted by Crippen LogP contribution is 2.30. The topological polar surface area (TPSA) is 58.0 Å². The molecule has 5 rings (SSSR count). The molecule has 126 valence electrons. The maximum atomic E-state index is 4.86. The number of fused-ring (bicyclic) bond motifs is 2. The van der Waals surface area contributed by atoms with Crippen molar-refractivity contribution in [1.82, 2.24) is 19.6 Å². The summed E-state index contributed by atoms with van der Waals surface area (Å²) >= 11 is 0. The van der Waals surface area contributed by atoms with Crippen LogP contribution in [0, 0.1) is 0 Å². The highest BCUT2D eigenvalue weighted by Gasteiger charge is 2.14. The van der Waals surface area contributed by atoms with Crippen LogP contribution < -0.4 is 5.32 Å². The molecule has 0 amide bonds. The summed E-state index contributed by atoms with van der Waals surface area (Å²) in [6.45, 7) is 0.741. The summed E-state index contributed by atoms with van der Waals surface area (Å²) in [4.78, 5) is 4.86. The summed E-state index contributed by atoms with van der Waals surface area (Å²) < 4.78 is 2.10. The van der Waals surface area contributed by atoms with Gasteiger partial charge in [-0.15, -0.1) is 0 Å². The first-order valence-electron chi connectivity index (χ1n) is 8.57. The molecule has 0 aliphatic rings. The third-order valence-electron chi connectivity index (χ3n) is 4.55. The van der Waals surface area contributed by atoms with Gasteiger partial charge in [0.15, 0.2) is 0 Å². The van der Waals surface area contributed by atoms with E-state index in [0.29, 0.717) is 0 Å². The SMILES string of the molecule is c1ccc(CNc2c(-c3ccc4[nH]ncc4c3)nc3ccccn23)cc1. The number of rotatable bonds is 4. The molecule has 3 heterocycles. The number of aromatic nitrogens is 4. The molecule has 5 heteroatoms. The molecule has 0 aliphatic heterocycles. The molecule has 3 aromatic heterocycles. The monoisotopic (exact) mass is 339 g/mol. The highest BCUT2D eigenvalue weighted by atomic mass is 15.1. The van der Waals surface area contributed by atoms with Gasteiger partial charge in [0, 0.05) is 23.7 Å². The molecule has 2 N–H and O–H groups in total. The molecule has 0 unspecified atom stereocenters. The van der Waals surface area contributed by atoms with Crippen LogP contribution >= 0.6 is 0 Å². The number of imidazole rings is 1. The normalized spacial score (nSPS) is 11.2. The van der Waals surface area contributed by atoms with Gasteiger partial charge in [0.1, 0.15) is 17.2 Å². The van der Waals surface area contributed by atoms with Crippen molar-refractivity contribution in [3.05, 3.63) is 84.7 Å². The molecule has 0 saturated carbocycles. The molecule has 0 fully saturated rings. The molecule has 0 atom stereocenters. The molecule has 5 nitrogen and oxygen atoms in total. The van der Waals surface area contributed by atoms with Crippen LogP contribution in [0.25, 0.3) is 27.8 Å². The third-order valence-corrected chi connectivity index (χ3v) is 4.55. The van der Waals surface area contributed by atoms with Crippen molar-refractivity contribution in [3.8, 4) is 11.3 Å². The number of pyridine rings is 1. The Kier molecular flexibility index (Phi) is 3.42. The smallest absolute Gasteiger partial charge is 0.139 e. The molecule has 0 radical (unpaired) electrons. The number of hydrogen-bond donors (Lipinski definition) is 2. The number of nitrogens with zero attached hydrogens (tertiary/aromatic N) is 3. The van der Waals surface area contributed by atoms with Crippen LogP contribution in [0.15, 0.2) is 79.1 Å². The number of nitrogens with one attached hydrogen (secondary N) is 2. The fourth-order valence-electron chi connectivity index (χ4n) is 3.24. The minimum Gasteiger partial charge on any atom is -0.365 e. The number of anilines is 1. The first kappa shape index (κ1) is 14.7. The van der Waals surface area contributed by atoms with E-state index in [4.69, 9.17) is 4.98 Å². The molecule has 0 saturated heterocycles. The van der Waals surface area contributed by atoms with Gasteiger partial charge in [0.05, 0.1) is 11.7 Å². The van der Waals surface area contributed by atoms with Gasteiger partial charge in [-0.2, -0.15) is 5.10 Å². The molecule has 26 heavy (non-hydrogen) atoms. The summed E-state index contributed by atoms with van der Waals surface area (Å²) in [5, 5.41) is 11.8. The minimum absolute atomic E-state index is 0.741. The van der Waals surface area contributed by atoms with E-state index in [1.54, 1.807) is 0 Å². The Labute approximate surface area is 150 Å². The Bertz CT molecular complexity index is 1190. The number of aromatic amines is 1. The zero-order chi connectivity index (χ0) is 17.3. The van der Waals surface area contributed by atoms with Gasteiger partial charge in [-0.25, -0.2) is 4.98 Å². The lowest BCUT2D eigenvalue weighted by Crippen LogP contribution is -2.03. The lowest BCUT2D eigenvalue weighted by molar-refractivity contribution is 1.08. The van der Waals surface area contributed by atoms with Crippen LogP contribution in [0.3, 0.4) is 0 Å². The Hall–Kier alpha value is -3.60. The average Bonchev–Trinajstić information content (AvgIpc) is 3.31. The zero-order valence-electron chi connectivity index (χ0n) is 14.1. The van der Waals surface area contributed by atoms with E-state index in [9.17, 15) is 0 Å². The fourth-order valence-corrected chi connectivity index (χ4v) is 3.24. The predicted octanol–water partition coefficient (Wildman–Crippen LogP) is 4.49. The van der Waals surface area contributed by atoms with Crippen molar-refractivity contribution in [2.24, 2.45) is 0 Å². The van der Waals surface area contributed by atoms with Crippen molar-refractivity contribution in [2.45, 2.75) is 6.54 Å². The van der Waals surface area contributed by atoms with E-state index in [1.807, 2.05) is 42.7 Å². The number of benzene rings is 2. The first-order chi connectivity index (χ1) is 12.9. The zero-order valence-corrected chi connectivity index (χ0v) is 14.1. The summed E-state index contributed by atoms with van der Waals surface area (Å²) in [6, 6.07) is 22.7. The van der Waals surface area contributed by atoms with Crippen LogP contribution in [-0.4, -0.2) is 19.6 Å². The second kappa shape index (κ2) is 6.04. The van der Waals surface area contributed by atoms with Gasteiger partial charge < -0.3 is 5.32 Å². The van der Waals surface area contributed by atoms with Gasteiger partial charge in [0.25, 0.3) is 0 Å². The molecule has 2 aromatic carbocycles. The minimum atomic E-state index is 0.741. The molecular formula is C21H17N5.